The van der Waals surface area contributed by atoms with Crippen LogP contribution in [0.5, 0.6) is 0 Å². The monoisotopic (exact) mass is 496 g/mol. The molecule has 0 radical (unpaired) electrons. The number of thiocarbonyl (C=S) groups is 1. The summed E-state index contributed by atoms with van der Waals surface area (Å²) in [5, 5.41) is 6.65. The Morgan fingerprint density at radius 3 is 2.29 bits per heavy atom. The van der Waals surface area contributed by atoms with Gasteiger partial charge in [-0.3, -0.25) is 9.69 Å². The predicted octanol–water partition coefficient (Wildman–Crippen LogP) is 4.86. The molecule has 1 aliphatic rings. The number of carbonyl (C=O) groups excluding carboxylic acids is 1. The second-order valence-corrected chi connectivity index (χ2v) is 9.05. The summed E-state index contributed by atoms with van der Waals surface area (Å²) < 4.78 is 13.9. The van der Waals surface area contributed by atoms with E-state index in [9.17, 15) is 9.18 Å². The van der Waals surface area contributed by atoms with Crippen molar-refractivity contribution in [2.45, 2.75) is 13.0 Å². The highest BCUT2D eigenvalue weighted by atomic mass is 35.5. The molecular weight excluding hydrogens is 471 g/mol. The summed E-state index contributed by atoms with van der Waals surface area (Å²) in [6, 6.07) is 22.1. The van der Waals surface area contributed by atoms with Crippen molar-refractivity contribution >= 4 is 46.2 Å². The summed E-state index contributed by atoms with van der Waals surface area (Å²) in [4.78, 5) is 16.8. The summed E-state index contributed by atoms with van der Waals surface area (Å²) in [5.41, 5.74) is 3.53. The molecule has 1 saturated heterocycles. The van der Waals surface area contributed by atoms with Gasteiger partial charge in [0.25, 0.3) is 0 Å². The van der Waals surface area contributed by atoms with Crippen LogP contribution in [0.2, 0.25) is 5.02 Å². The number of benzene rings is 3. The smallest absolute Gasteiger partial charge is 0.230 e. The second-order valence-electron chi connectivity index (χ2n) is 8.21. The van der Waals surface area contributed by atoms with Gasteiger partial charge in [0.2, 0.25) is 5.91 Å². The summed E-state index contributed by atoms with van der Waals surface area (Å²) in [6.07, 6.45) is 0.223. The molecule has 0 aromatic heterocycles. The molecule has 0 aliphatic carbocycles. The highest BCUT2D eigenvalue weighted by molar-refractivity contribution is 7.80. The first-order valence-corrected chi connectivity index (χ1v) is 11.9. The first-order valence-electron chi connectivity index (χ1n) is 11.1. The van der Waals surface area contributed by atoms with Crippen molar-refractivity contribution in [3.63, 3.8) is 0 Å². The van der Waals surface area contributed by atoms with Crippen LogP contribution in [-0.2, 0) is 17.8 Å². The molecule has 0 spiro atoms. The van der Waals surface area contributed by atoms with Crippen molar-refractivity contribution in [3.8, 4) is 0 Å². The molecule has 1 amide bonds. The van der Waals surface area contributed by atoms with Crippen LogP contribution in [0.25, 0.3) is 0 Å². The lowest BCUT2D eigenvalue weighted by molar-refractivity contribution is -0.119. The van der Waals surface area contributed by atoms with Crippen LogP contribution in [0, 0.1) is 5.82 Å². The summed E-state index contributed by atoms with van der Waals surface area (Å²) in [5.74, 6) is -0.336. The topological polar surface area (TPSA) is 47.6 Å². The number of amides is 1. The van der Waals surface area contributed by atoms with E-state index in [1.165, 1.54) is 6.07 Å². The maximum absolute atomic E-state index is 13.9. The summed E-state index contributed by atoms with van der Waals surface area (Å²) in [6.45, 7) is 4.13. The molecular formula is C26H26ClFN4OS. The molecule has 2 N–H and O–H groups in total. The molecule has 1 aliphatic heterocycles. The number of piperazine rings is 1. The number of nitrogens with zero attached hydrogens (tertiary/aromatic N) is 2. The molecule has 34 heavy (non-hydrogen) atoms. The predicted molar refractivity (Wildman–Crippen MR) is 140 cm³/mol. The van der Waals surface area contributed by atoms with E-state index in [0.29, 0.717) is 11.6 Å². The average Bonchev–Trinajstić information content (AvgIpc) is 2.83. The lowest BCUT2D eigenvalue weighted by Crippen LogP contribution is -2.46. The largest absolute Gasteiger partial charge is 0.369 e. The number of carbonyl (C=O) groups is 1. The van der Waals surface area contributed by atoms with Crippen LogP contribution < -0.4 is 15.5 Å². The van der Waals surface area contributed by atoms with Gasteiger partial charge in [-0.15, -0.1) is 0 Å². The Balaban J connectivity index is 1.23. The van der Waals surface area contributed by atoms with E-state index in [1.54, 1.807) is 18.2 Å². The van der Waals surface area contributed by atoms with Crippen LogP contribution in [0.3, 0.4) is 0 Å². The fourth-order valence-corrected chi connectivity index (χ4v) is 4.27. The van der Waals surface area contributed by atoms with Crippen molar-refractivity contribution in [1.29, 1.82) is 0 Å². The normalized spacial score (nSPS) is 14.0. The average molecular weight is 497 g/mol. The Kier molecular flexibility index (Phi) is 8.11. The third-order valence-electron chi connectivity index (χ3n) is 5.75. The first kappa shape index (κ1) is 24.1. The molecule has 3 aromatic carbocycles. The molecule has 176 valence electrons. The van der Waals surface area contributed by atoms with Gasteiger partial charge in [-0.2, -0.15) is 0 Å². The zero-order chi connectivity index (χ0) is 23.9. The van der Waals surface area contributed by atoms with Gasteiger partial charge in [0, 0.05) is 54.7 Å². The van der Waals surface area contributed by atoms with Crippen LogP contribution in [0.1, 0.15) is 11.1 Å². The van der Waals surface area contributed by atoms with E-state index in [1.807, 2.05) is 48.5 Å². The molecule has 0 saturated carbocycles. The van der Waals surface area contributed by atoms with Gasteiger partial charge in [-0.25, -0.2) is 4.39 Å². The Morgan fingerprint density at radius 2 is 1.62 bits per heavy atom. The summed E-state index contributed by atoms with van der Waals surface area (Å²) >= 11 is 11.2. The molecule has 0 bridgehead atoms. The Hall–Kier alpha value is -3.00. The molecule has 0 atom stereocenters. The fourth-order valence-electron chi connectivity index (χ4n) is 3.91. The zero-order valence-electron chi connectivity index (χ0n) is 18.6. The minimum atomic E-state index is -0.190. The quantitative estimate of drug-likeness (QED) is 0.477. The highest BCUT2D eigenvalue weighted by Crippen LogP contribution is 2.21. The summed E-state index contributed by atoms with van der Waals surface area (Å²) in [7, 11) is 0. The van der Waals surface area contributed by atoms with Crippen LogP contribution in [0.15, 0.2) is 72.8 Å². The van der Waals surface area contributed by atoms with Gasteiger partial charge >= 0.3 is 0 Å². The third-order valence-corrected chi connectivity index (χ3v) is 6.20. The van der Waals surface area contributed by atoms with Gasteiger partial charge in [0.15, 0.2) is 5.11 Å². The molecule has 8 heteroatoms. The van der Waals surface area contributed by atoms with E-state index >= 15 is 0 Å². The lowest BCUT2D eigenvalue weighted by Gasteiger charge is -2.36. The van der Waals surface area contributed by atoms with Gasteiger partial charge < -0.3 is 15.5 Å². The fraction of sp³-hybridized carbons (Fsp3) is 0.231. The second kappa shape index (κ2) is 11.4. The standard InChI is InChI=1S/C26H26ClFN4OS/c27-21-7-5-19(6-8-21)17-25(33)30-26(34)29-22-9-11-23(12-10-22)32-15-13-31(14-16-32)18-20-3-1-2-4-24(20)28/h1-12H,13-18H2,(H2,29,30,33,34). The zero-order valence-corrected chi connectivity index (χ0v) is 20.2. The number of hydrogen-bond donors (Lipinski definition) is 2. The minimum Gasteiger partial charge on any atom is -0.369 e. The molecule has 0 unspecified atom stereocenters. The molecule has 1 fully saturated rings. The third kappa shape index (κ3) is 6.76. The Labute approximate surface area is 209 Å². The van der Waals surface area contributed by atoms with Crippen molar-refractivity contribution in [3.05, 3.63) is 94.8 Å². The maximum atomic E-state index is 13.9. The highest BCUT2D eigenvalue weighted by Gasteiger charge is 2.18. The number of halogens is 2. The molecule has 1 heterocycles. The SMILES string of the molecule is O=C(Cc1ccc(Cl)cc1)NC(=S)Nc1ccc(N2CCN(Cc3ccccc3F)CC2)cc1. The molecule has 5 nitrogen and oxygen atoms in total. The lowest BCUT2D eigenvalue weighted by atomic mass is 10.1. The van der Waals surface area contributed by atoms with Gasteiger partial charge in [0.05, 0.1) is 6.42 Å². The van der Waals surface area contributed by atoms with Gasteiger partial charge in [-0.1, -0.05) is 41.9 Å². The van der Waals surface area contributed by atoms with Gasteiger partial charge in [-0.05, 0) is 60.2 Å². The maximum Gasteiger partial charge on any atom is 0.230 e. The van der Waals surface area contributed by atoms with Crippen LogP contribution in [0.4, 0.5) is 15.8 Å². The number of anilines is 2. The minimum absolute atomic E-state index is 0.146. The van der Waals surface area contributed by atoms with Crippen molar-refractivity contribution in [2.75, 3.05) is 36.4 Å². The van der Waals surface area contributed by atoms with Gasteiger partial charge in [0.1, 0.15) is 5.82 Å². The Bertz CT molecular complexity index is 1130. The first-order chi connectivity index (χ1) is 16.5. The van der Waals surface area contributed by atoms with Crippen molar-refractivity contribution in [2.24, 2.45) is 0 Å². The molecule has 4 rings (SSSR count). The number of nitrogens with one attached hydrogen (secondary N) is 2. The van der Waals surface area contributed by atoms with E-state index in [4.69, 9.17) is 23.8 Å². The van der Waals surface area contributed by atoms with E-state index in [-0.39, 0.29) is 23.3 Å². The van der Waals surface area contributed by atoms with E-state index in [2.05, 4.69) is 20.4 Å². The van der Waals surface area contributed by atoms with Crippen molar-refractivity contribution in [1.82, 2.24) is 10.2 Å². The number of hydrogen-bond acceptors (Lipinski definition) is 4. The number of rotatable bonds is 6. The van der Waals surface area contributed by atoms with E-state index < -0.39 is 0 Å². The van der Waals surface area contributed by atoms with Crippen LogP contribution in [-0.4, -0.2) is 42.1 Å². The Morgan fingerprint density at radius 1 is 0.941 bits per heavy atom. The van der Waals surface area contributed by atoms with Crippen LogP contribution >= 0.6 is 23.8 Å². The molecule has 3 aromatic rings. The van der Waals surface area contributed by atoms with Crippen molar-refractivity contribution < 1.29 is 9.18 Å². The van der Waals surface area contributed by atoms with E-state index in [0.717, 1.165) is 48.7 Å².